The lowest BCUT2D eigenvalue weighted by molar-refractivity contribution is -0.215. The lowest BCUT2D eigenvalue weighted by atomic mass is 9.78. The Morgan fingerprint density at radius 1 is 1.34 bits per heavy atom. The molecule has 3 heterocycles. The number of thioether (sulfide) groups is 1. The number of halogens is 4. The lowest BCUT2D eigenvalue weighted by Crippen LogP contribution is -2.46. The summed E-state index contributed by atoms with van der Waals surface area (Å²) >= 11 is 0.953. The summed E-state index contributed by atoms with van der Waals surface area (Å²) in [7, 11) is 0. The van der Waals surface area contributed by atoms with Crippen molar-refractivity contribution in [1.29, 1.82) is 5.26 Å². The van der Waals surface area contributed by atoms with E-state index in [1.807, 2.05) is 6.07 Å². The zero-order valence-corrected chi connectivity index (χ0v) is 17.0. The Balaban J connectivity index is 1.69. The molecule has 1 saturated heterocycles. The van der Waals surface area contributed by atoms with Gasteiger partial charge < -0.3 is 15.8 Å². The Hall–Kier alpha value is -3.17. The van der Waals surface area contributed by atoms with Crippen molar-refractivity contribution < 1.29 is 27.1 Å². The number of rotatable bonds is 3. The minimum Gasteiger partial charge on any atom is -0.379 e. The van der Waals surface area contributed by atoms with E-state index in [1.165, 1.54) is 30.5 Å². The molecule has 3 N–H and O–H groups in total. The van der Waals surface area contributed by atoms with Crippen LogP contribution in [0.15, 0.2) is 41.5 Å². The van der Waals surface area contributed by atoms with Crippen molar-refractivity contribution in [2.24, 2.45) is 16.6 Å². The topological polar surface area (TPSA) is 113 Å². The molecular formula is C20H15F4N5O2S. The number of hydrogen-bond donors (Lipinski definition) is 2. The van der Waals surface area contributed by atoms with E-state index in [1.54, 1.807) is 0 Å². The second-order valence-corrected chi connectivity index (χ2v) is 8.30. The van der Waals surface area contributed by atoms with Gasteiger partial charge in [-0.3, -0.25) is 4.79 Å². The predicted molar refractivity (Wildman–Crippen MR) is 108 cm³/mol. The zero-order valence-electron chi connectivity index (χ0n) is 16.2. The summed E-state index contributed by atoms with van der Waals surface area (Å²) in [5.41, 5.74) is 4.37. The number of nitrogens with zero attached hydrogens (tertiary/aromatic N) is 3. The van der Waals surface area contributed by atoms with Gasteiger partial charge in [0, 0.05) is 29.1 Å². The van der Waals surface area contributed by atoms with Crippen LogP contribution in [-0.4, -0.2) is 40.7 Å². The monoisotopic (exact) mass is 465 g/mol. The van der Waals surface area contributed by atoms with Crippen LogP contribution < -0.4 is 11.1 Å². The largest absolute Gasteiger partial charge is 0.415 e. The first-order valence-electron chi connectivity index (χ1n) is 9.28. The number of anilines is 1. The molecule has 2 aliphatic heterocycles. The van der Waals surface area contributed by atoms with Crippen molar-refractivity contribution in [3.05, 3.63) is 59.2 Å². The Morgan fingerprint density at radius 3 is 2.78 bits per heavy atom. The Bertz CT molecular complexity index is 1130. The third-order valence-electron chi connectivity index (χ3n) is 5.32. The molecule has 1 aromatic carbocycles. The number of amidine groups is 1. The SMILES string of the molecule is N#Cc1ccc(C(=O)Nc2ccc(F)c(C34COC(C(F)(F)F)C3CSC(N)=N4)c2)nc1. The van der Waals surface area contributed by atoms with E-state index < -0.39 is 42.1 Å². The number of nitrogens with two attached hydrogens (primary N) is 1. The first-order chi connectivity index (χ1) is 15.1. The lowest BCUT2D eigenvalue weighted by Gasteiger charge is -2.36. The molecule has 1 aromatic heterocycles. The minimum absolute atomic E-state index is 0.00332. The highest BCUT2D eigenvalue weighted by Crippen LogP contribution is 2.52. The molecule has 4 rings (SSSR count). The van der Waals surface area contributed by atoms with E-state index in [0.29, 0.717) is 0 Å². The van der Waals surface area contributed by atoms with Crippen molar-refractivity contribution >= 4 is 28.5 Å². The molecule has 166 valence electrons. The summed E-state index contributed by atoms with van der Waals surface area (Å²) in [6.45, 7) is -0.505. The smallest absolute Gasteiger partial charge is 0.379 e. The van der Waals surface area contributed by atoms with Crippen molar-refractivity contribution in [1.82, 2.24) is 4.98 Å². The van der Waals surface area contributed by atoms with Gasteiger partial charge >= 0.3 is 6.18 Å². The average Bonchev–Trinajstić information content (AvgIpc) is 3.15. The van der Waals surface area contributed by atoms with Gasteiger partial charge in [-0.1, -0.05) is 11.8 Å². The number of nitrogens with one attached hydrogen (secondary N) is 1. The van der Waals surface area contributed by atoms with Crippen molar-refractivity contribution in [2.75, 3.05) is 17.7 Å². The van der Waals surface area contributed by atoms with Gasteiger partial charge in [-0.15, -0.1) is 0 Å². The van der Waals surface area contributed by atoms with Crippen LogP contribution in [0.5, 0.6) is 0 Å². The zero-order chi connectivity index (χ0) is 23.1. The van der Waals surface area contributed by atoms with E-state index >= 15 is 0 Å². The average molecular weight is 465 g/mol. The van der Waals surface area contributed by atoms with Crippen LogP contribution in [0.3, 0.4) is 0 Å². The number of hydrogen-bond acceptors (Lipinski definition) is 7. The van der Waals surface area contributed by atoms with Gasteiger partial charge in [0.2, 0.25) is 0 Å². The molecule has 0 aliphatic carbocycles. The predicted octanol–water partition coefficient (Wildman–Crippen LogP) is 3.18. The summed E-state index contributed by atoms with van der Waals surface area (Å²) in [5, 5.41) is 11.4. The van der Waals surface area contributed by atoms with E-state index in [0.717, 1.165) is 17.8 Å². The minimum atomic E-state index is -4.65. The van der Waals surface area contributed by atoms with Gasteiger partial charge in [0.1, 0.15) is 23.1 Å². The molecule has 1 fully saturated rings. The van der Waals surface area contributed by atoms with Crippen LogP contribution >= 0.6 is 11.8 Å². The number of pyridine rings is 1. The number of ether oxygens (including phenoxy) is 1. The van der Waals surface area contributed by atoms with Crippen LogP contribution in [0.1, 0.15) is 21.6 Å². The number of carbonyl (C=O) groups excluding carboxylic acids is 1. The molecule has 0 bridgehead atoms. The number of alkyl halides is 3. The van der Waals surface area contributed by atoms with E-state index in [-0.39, 0.29) is 33.4 Å². The Labute approximate surface area is 183 Å². The summed E-state index contributed by atoms with van der Waals surface area (Å²) in [6.07, 6.45) is -5.55. The normalized spacial score (nSPS) is 24.9. The molecule has 1 amide bonds. The van der Waals surface area contributed by atoms with Crippen LogP contribution in [0.2, 0.25) is 0 Å². The van der Waals surface area contributed by atoms with E-state index in [4.69, 9.17) is 15.7 Å². The summed E-state index contributed by atoms with van der Waals surface area (Å²) in [4.78, 5) is 20.6. The van der Waals surface area contributed by atoms with Crippen LogP contribution in [0, 0.1) is 23.1 Å². The first kappa shape index (κ1) is 22.0. The van der Waals surface area contributed by atoms with Gasteiger partial charge in [-0.05, 0) is 30.3 Å². The number of benzene rings is 1. The van der Waals surface area contributed by atoms with Crippen molar-refractivity contribution in [3.8, 4) is 6.07 Å². The second kappa shape index (κ2) is 8.07. The standard InChI is InChI=1S/C20H15F4N5O2S/c21-14-3-2-11(28-17(30)15-4-1-10(6-25)7-27-15)5-12(14)19-9-31-16(20(22,23)24)13(19)8-32-18(26)29-19/h1-5,7,13,16H,8-9H2,(H2,26,29)(H,28,30). The van der Waals surface area contributed by atoms with Crippen LogP contribution in [0.4, 0.5) is 23.2 Å². The highest BCUT2D eigenvalue weighted by Gasteiger charge is 2.62. The van der Waals surface area contributed by atoms with Gasteiger partial charge in [0.25, 0.3) is 5.91 Å². The number of carbonyl (C=O) groups is 1. The van der Waals surface area contributed by atoms with Crippen LogP contribution in [0.25, 0.3) is 0 Å². The molecule has 12 heteroatoms. The maximum atomic E-state index is 14.9. The first-order valence-corrected chi connectivity index (χ1v) is 10.3. The van der Waals surface area contributed by atoms with Crippen molar-refractivity contribution in [3.63, 3.8) is 0 Å². The quantitative estimate of drug-likeness (QED) is 0.674. The molecule has 0 radical (unpaired) electrons. The maximum absolute atomic E-state index is 14.9. The molecule has 3 atom stereocenters. The molecule has 2 aromatic rings. The molecule has 7 nitrogen and oxygen atoms in total. The molecule has 0 saturated carbocycles. The number of nitriles is 1. The molecule has 3 unspecified atom stereocenters. The van der Waals surface area contributed by atoms with Gasteiger partial charge in [0.15, 0.2) is 11.3 Å². The summed E-state index contributed by atoms with van der Waals surface area (Å²) in [6, 6.07) is 8.18. The number of aliphatic imine (C=N–C) groups is 1. The number of fused-ring (bicyclic) bond motifs is 1. The van der Waals surface area contributed by atoms with E-state index in [9.17, 15) is 22.4 Å². The summed E-state index contributed by atoms with van der Waals surface area (Å²) in [5.74, 6) is -2.68. The maximum Gasteiger partial charge on any atom is 0.415 e. The van der Waals surface area contributed by atoms with E-state index in [2.05, 4.69) is 15.3 Å². The van der Waals surface area contributed by atoms with Gasteiger partial charge in [-0.2, -0.15) is 18.4 Å². The molecule has 2 aliphatic rings. The fraction of sp³-hybridized carbons (Fsp3) is 0.300. The second-order valence-electron chi connectivity index (χ2n) is 7.26. The third-order valence-corrected chi connectivity index (χ3v) is 6.23. The fourth-order valence-corrected chi connectivity index (χ4v) is 4.85. The molecule has 32 heavy (non-hydrogen) atoms. The Morgan fingerprint density at radius 2 is 2.12 bits per heavy atom. The summed E-state index contributed by atoms with van der Waals surface area (Å²) < 4.78 is 60.5. The highest BCUT2D eigenvalue weighted by atomic mass is 32.2. The van der Waals surface area contributed by atoms with Crippen molar-refractivity contribution in [2.45, 2.75) is 17.8 Å². The number of aromatic nitrogens is 1. The molecule has 0 spiro atoms. The van der Waals surface area contributed by atoms with Gasteiger partial charge in [-0.25, -0.2) is 14.4 Å². The Kier molecular flexibility index (Phi) is 5.56. The van der Waals surface area contributed by atoms with Gasteiger partial charge in [0.05, 0.1) is 12.2 Å². The molecular weight excluding hydrogens is 450 g/mol. The third kappa shape index (κ3) is 3.89. The number of amides is 1. The van der Waals surface area contributed by atoms with Crippen LogP contribution in [-0.2, 0) is 10.3 Å². The fourth-order valence-electron chi connectivity index (χ4n) is 3.82. The highest BCUT2D eigenvalue weighted by molar-refractivity contribution is 8.13.